The van der Waals surface area contributed by atoms with E-state index in [9.17, 15) is 4.79 Å². The number of halogens is 1. The molecule has 1 aromatic carbocycles. The summed E-state index contributed by atoms with van der Waals surface area (Å²) in [6.07, 6.45) is 1.34. The second-order valence-electron chi connectivity index (χ2n) is 4.39. The fourth-order valence-electron chi connectivity index (χ4n) is 1.99. The molecule has 1 amide bonds. The summed E-state index contributed by atoms with van der Waals surface area (Å²) in [4.78, 5) is 13.2. The van der Waals surface area contributed by atoms with Gasteiger partial charge in [-0.25, -0.2) is 0 Å². The number of aryl methyl sites for hydroxylation is 2. The normalized spacial score (nSPS) is 10.5. The highest BCUT2D eigenvalue weighted by Crippen LogP contribution is 2.24. The van der Waals surface area contributed by atoms with Crippen molar-refractivity contribution in [3.8, 4) is 0 Å². The summed E-state index contributed by atoms with van der Waals surface area (Å²) in [6.45, 7) is 4.12. The summed E-state index contributed by atoms with van der Waals surface area (Å²) in [7, 11) is 0. The minimum Gasteiger partial charge on any atom is -0.325 e. The number of carbonyl (C=O) groups is 1. The molecule has 2 rings (SSSR count). The van der Waals surface area contributed by atoms with E-state index < -0.39 is 0 Å². The molecule has 0 aliphatic carbocycles. The first kappa shape index (κ1) is 14.3. The van der Waals surface area contributed by atoms with Gasteiger partial charge in [-0.05, 0) is 52.5 Å². The molecule has 0 radical (unpaired) electrons. The standard InChI is InChI=1S/C15H16BrNOS/c1-3-11-6-4-5-10(2)15(11)17-14(18)9-12-7-8-13(16)19-12/h4-8H,3,9H2,1-2H3,(H,17,18). The van der Waals surface area contributed by atoms with Crippen molar-refractivity contribution in [2.45, 2.75) is 26.7 Å². The van der Waals surface area contributed by atoms with E-state index in [4.69, 9.17) is 0 Å². The van der Waals surface area contributed by atoms with E-state index in [0.29, 0.717) is 6.42 Å². The molecule has 2 nitrogen and oxygen atoms in total. The van der Waals surface area contributed by atoms with Crippen molar-refractivity contribution in [1.29, 1.82) is 0 Å². The summed E-state index contributed by atoms with van der Waals surface area (Å²) in [5.41, 5.74) is 3.26. The Labute approximate surface area is 126 Å². The van der Waals surface area contributed by atoms with Crippen LogP contribution in [0.3, 0.4) is 0 Å². The Hall–Kier alpha value is -1.13. The molecule has 0 bridgehead atoms. The van der Waals surface area contributed by atoms with Crippen LogP contribution in [-0.4, -0.2) is 5.91 Å². The van der Waals surface area contributed by atoms with Crippen molar-refractivity contribution < 1.29 is 4.79 Å². The van der Waals surface area contributed by atoms with Gasteiger partial charge in [-0.1, -0.05) is 25.1 Å². The number of carbonyl (C=O) groups excluding carboxylic acids is 1. The second-order valence-corrected chi connectivity index (χ2v) is 6.94. The third kappa shape index (κ3) is 3.67. The smallest absolute Gasteiger partial charge is 0.229 e. The van der Waals surface area contributed by atoms with Gasteiger partial charge in [-0.15, -0.1) is 11.3 Å². The minimum absolute atomic E-state index is 0.0401. The molecular formula is C15H16BrNOS. The zero-order valence-electron chi connectivity index (χ0n) is 11.0. The first-order valence-corrected chi connectivity index (χ1v) is 7.83. The van der Waals surface area contributed by atoms with Gasteiger partial charge in [0, 0.05) is 10.6 Å². The number of amides is 1. The molecule has 0 aliphatic heterocycles. The number of hydrogen-bond acceptors (Lipinski definition) is 2. The van der Waals surface area contributed by atoms with Crippen LogP contribution in [0.25, 0.3) is 0 Å². The third-order valence-corrected chi connectivity index (χ3v) is 4.59. The summed E-state index contributed by atoms with van der Waals surface area (Å²) < 4.78 is 1.06. The van der Waals surface area contributed by atoms with Crippen LogP contribution >= 0.6 is 27.3 Å². The van der Waals surface area contributed by atoms with Crippen molar-refractivity contribution in [3.63, 3.8) is 0 Å². The molecule has 1 heterocycles. The molecule has 0 atom stereocenters. The molecule has 1 aromatic heterocycles. The van der Waals surface area contributed by atoms with Crippen LogP contribution in [0.2, 0.25) is 0 Å². The average molecular weight is 338 g/mol. The SMILES string of the molecule is CCc1cccc(C)c1NC(=O)Cc1ccc(Br)s1. The molecule has 0 unspecified atom stereocenters. The monoisotopic (exact) mass is 337 g/mol. The van der Waals surface area contributed by atoms with Crippen LogP contribution in [-0.2, 0) is 17.6 Å². The molecule has 2 aromatic rings. The number of nitrogens with one attached hydrogen (secondary N) is 1. The van der Waals surface area contributed by atoms with Crippen molar-refractivity contribution in [2.75, 3.05) is 5.32 Å². The van der Waals surface area contributed by atoms with Crippen LogP contribution in [0.4, 0.5) is 5.69 Å². The minimum atomic E-state index is 0.0401. The number of thiophene rings is 1. The Morgan fingerprint density at radius 3 is 2.74 bits per heavy atom. The van der Waals surface area contributed by atoms with Gasteiger partial charge in [0.1, 0.15) is 0 Å². The number of hydrogen-bond donors (Lipinski definition) is 1. The molecule has 4 heteroatoms. The van der Waals surface area contributed by atoms with E-state index in [1.54, 1.807) is 11.3 Å². The van der Waals surface area contributed by atoms with Gasteiger partial charge < -0.3 is 5.32 Å². The Bertz CT molecular complexity index is 592. The lowest BCUT2D eigenvalue weighted by atomic mass is 10.1. The summed E-state index contributed by atoms with van der Waals surface area (Å²) in [6, 6.07) is 10.1. The number of para-hydroxylation sites is 1. The fraction of sp³-hybridized carbons (Fsp3) is 0.267. The van der Waals surface area contributed by atoms with Crippen LogP contribution in [0, 0.1) is 6.92 Å². The maximum absolute atomic E-state index is 12.1. The second kappa shape index (κ2) is 6.35. The largest absolute Gasteiger partial charge is 0.325 e. The van der Waals surface area contributed by atoms with Crippen LogP contribution < -0.4 is 5.32 Å². The van der Waals surface area contributed by atoms with Gasteiger partial charge in [-0.3, -0.25) is 4.79 Å². The molecule has 0 spiro atoms. The van der Waals surface area contributed by atoms with E-state index in [2.05, 4.69) is 34.2 Å². The average Bonchev–Trinajstić information content (AvgIpc) is 2.77. The van der Waals surface area contributed by atoms with Gasteiger partial charge in [0.25, 0.3) is 0 Å². The van der Waals surface area contributed by atoms with Crippen molar-refractivity contribution >= 4 is 38.9 Å². The summed E-state index contributed by atoms with van der Waals surface area (Å²) >= 11 is 5.01. The van der Waals surface area contributed by atoms with Crippen molar-refractivity contribution in [2.24, 2.45) is 0 Å². The zero-order valence-corrected chi connectivity index (χ0v) is 13.4. The lowest BCUT2D eigenvalue weighted by molar-refractivity contribution is -0.115. The highest BCUT2D eigenvalue weighted by Gasteiger charge is 2.10. The van der Waals surface area contributed by atoms with Gasteiger partial charge in [0.05, 0.1) is 10.2 Å². The predicted molar refractivity (Wildman–Crippen MR) is 84.9 cm³/mol. The lowest BCUT2D eigenvalue weighted by Crippen LogP contribution is -2.15. The third-order valence-electron chi connectivity index (χ3n) is 2.97. The van der Waals surface area contributed by atoms with Gasteiger partial charge in [0.15, 0.2) is 0 Å². The van der Waals surface area contributed by atoms with Crippen molar-refractivity contribution in [1.82, 2.24) is 0 Å². The van der Waals surface area contributed by atoms with Crippen molar-refractivity contribution in [3.05, 3.63) is 50.1 Å². The molecule has 0 fully saturated rings. The van der Waals surface area contributed by atoms with E-state index in [-0.39, 0.29) is 5.91 Å². The first-order chi connectivity index (χ1) is 9.10. The highest BCUT2D eigenvalue weighted by atomic mass is 79.9. The molecule has 0 saturated heterocycles. The maximum atomic E-state index is 12.1. The summed E-state index contributed by atoms with van der Waals surface area (Å²) in [5, 5.41) is 3.04. The number of anilines is 1. The molecule has 0 aliphatic rings. The van der Waals surface area contributed by atoms with Gasteiger partial charge >= 0.3 is 0 Å². The highest BCUT2D eigenvalue weighted by molar-refractivity contribution is 9.11. The van der Waals surface area contributed by atoms with Gasteiger partial charge in [-0.2, -0.15) is 0 Å². The van der Waals surface area contributed by atoms with E-state index in [0.717, 1.165) is 26.3 Å². The number of benzene rings is 1. The van der Waals surface area contributed by atoms with E-state index in [1.807, 2.05) is 31.2 Å². The van der Waals surface area contributed by atoms with E-state index >= 15 is 0 Å². The quantitative estimate of drug-likeness (QED) is 0.870. The Morgan fingerprint density at radius 1 is 1.32 bits per heavy atom. The fourth-order valence-corrected chi connectivity index (χ4v) is 3.47. The van der Waals surface area contributed by atoms with Crippen LogP contribution in [0.15, 0.2) is 34.1 Å². The van der Waals surface area contributed by atoms with Crippen LogP contribution in [0.5, 0.6) is 0 Å². The molecule has 1 N–H and O–H groups in total. The molecule has 19 heavy (non-hydrogen) atoms. The Kier molecular flexibility index (Phi) is 4.77. The number of rotatable bonds is 4. The van der Waals surface area contributed by atoms with Crippen LogP contribution in [0.1, 0.15) is 22.9 Å². The predicted octanol–water partition coefficient (Wildman–Crippen LogP) is 4.56. The lowest BCUT2D eigenvalue weighted by Gasteiger charge is -2.12. The molecular weight excluding hydrogens is 322 g/mol. The molecule has 0 saturated carbocycles. The molecule has 100 valence electrons. The summed E-state index contributed by atoms with van der Waals surface area (Å²) in [5.74, 6) is 0.0401. The zero-order chi connectivity index (χ0) is 13.8. The van der Waals surface area contributed by atoms with Gasteiger partial charge in [0.2, 0.25) is 5.91 Å². The van der Waals surface area contributed by atoms with E-state index in [1.165, 1.54) is 5.56 Å². The first-order valence-electron chi connectivity index (χ1n) is 6.22. The maximum Gasteiger partial charge on any atom is 0.229 e. The Balaban J connectivity index is 2.11. The topological polar surface area (TPSA) is 29.1 Å². The Morgan fingerprint density at radius 2 is 2.11 bits per heavy atom.